The van der Waals surface area contributed by atoms with Gasteiger partial charge < -0.3 is 5.11 Å². The van der Waals surface area contributed by atoms with Gasteiger partial charge >= 0.3 is 5.97 Å². The highest BCUT2D eigenvalue weighted by Crippen LogP contribution is 2.52. The van der Waals surface area contributed by atoms with Gasteiger partial charge in [-0.25, -0.2) is 4.79 Å². The van der Waals surface area contributed by atoms with Crippen molar-refractivity contribution in [1.29, 1.82) is 0 Å². The Kier molecular flexibility index (Phi) is 3.42. The molecule has 0 heterocycles. The molecule has 0 saturated heterocycles. The van der Waals surface area contributed by atoms with Crippen LogP contribution in [0.15, 0.2) is 23.8 Å². The Morgan fingerprint density at radius 3 is 2.89 bits per heavy atom. The van der Waals surface area contributed by atoms with Crippen LogP contribution in [0, 0.1) is 17.3 Å². The highest BCUT2D eigenvalue weighted by molar-refractivity contribution is 5.86. The quantitative estimate of drug-likeness (QED) is 0.617. The second-order valence-corrected chi connectivity index (χ2v) is 5.87. The summed E-state index contributed by atoms with van der Waals surface area (Å²) in [7, 11) is 0. The number of fused-ring (bicyclic) bond motifs is 1. The summed E-state index contributed by atoms with van der Waals surface area (Å²) in [5.41, 5.74) is 1.33. The number of aliphatic carboxylic acids is 1. The molecule has 2 rings (SSSR count). The molecule has 0 bridgehead atoms. The van der Waals surface area contributed by atoms with Crippen molar-refractivity contribution in [1.82, 2.24) is 0 Å². The molecule has 0 aromatic rings. The Balaban J connectivity index is 2.21. The first kappa shape index (κ1) is 13.1. The van der Waals surface area contributed by atoms with Crippen LogP contribution in [0.5, 0.6) is 0 Å². The van der Waals surface area contributed by atoms with E-state index in [1.807, 2.05) is 6.08 Å². The number of carboxylic acids is 1. The Bertz CT molecular complexity index is 421. The van der Waals surface area contributed by atoms with Crippen molar-refractivity contribution in [3.05, 3.63) is 23.8 Å². The summed E-state index contributed by atoms with van der Waals surface area (Å²) in [5.74, 6) is -0.684. The molecule has 0 unspecified atom stereocenters. The molecule has 1 fully saturated rings. The van der Waals surface area contributed by atoms with Crippen molar-refractivity contribution in [2.75, 3.05) is 0 Å². The molecular formula is C15H20O3. The second kappa shape index (κ2) is 4.71. The van der Waals surface area contributed by atoms with E-state index in [9.17, 15) is 9.59 Å². The lowest BCUT2D eigenvalue weighted by molar-refractivity contribution is -0.133. The lowest BCUT2D eigenvalue weighted by Crippen LogP contribution is -2.38. The summed E-state index contributed by atoms with van der Waals surface area (Å²) in [6, 6.07) is 0. The zero-order valence-corrected chi connectivity index (χ0v) is 10.8. The van der Waals surface area contributed by atoms with Gasteiger partial charge in [0.05, 0.1) is 0 Å². The monoisotopic (exact) mass is 248 g/mol. The topological polar surface area (TPSA) is 54.4 Å². The molecule has 2 aliphatic rings. The van der Waals surface area contributed by atoms with Crippen molar-refractivity contribution in [2.24, 2.45) is 17.3 Å². The molecular weight excluding hydrogens is 228 g/mol. The van der Waals surface area contributed by atoms with Crippen LogP contribution in [-0.4, -0.2) is 17.4 Å². The van der Waals surface area contributed by atoms with Crippen LogP contribution in [-0.2, 0) is 9.59 Å². The van der Waals surface area contributed by atoms with Crippen LogP contribution in [0.2, 0.25) is 0 Å². The maximum Gasteiger partial charge on any atom is 0.331 e. The predicted molar refractivity (Wildman–Crippen MR) is 69.1 cm³/mol. The third-order valence-corrected chi connectivity index (χ3v) is 4.83. The summed E-state index contributed by atoms with van der Waals surface area (Å²) in [6.45, 7) is 5.91. The van der Waals surface area contributed by atoms with Gasteiger partial charge in [0, 0.05) is 5.57 Å². The van der Waals surface area contributed by atoms with E-state index in [0.29, 0.717) is 5.57 Å². The number of allylic oxidation sites excluding steroid dienone is 2. The zero-order chi connectivity index (χ0) is 13.3. The fraction of sp³-hybridized carbons (Fsp3) is 0.600. The summed E-state index contributed by atoms with van der Waals surface area (Å²) >= 11 is 0. The second-order valence-electron chi connectivity index (χ2n) is 5.87. The molecule has 3 nitrogen and oxygen atoms in total. The molecule has 98 valence electrons. The third-order valence-electron chi connectivity index (χ3n) is 4.83. The maximum absolute atomic E-state index is 11.2. The molecule has 0 radical (unpaired) electrons. The minimum atomic E-state index is -0.906. The first-order valence-electron chi connectivity index (χ1n) is 6.55. The van der Waals surface area contributed by atoms with Gasteiger partial charge in [-0.2, -0.15) is 0 Å². The minimum Gasteiger partial charge on any atom is -0.478 e. The van der Waals surface area contributed by atoms with E-state index in [1.54, 1.807) is 0 Å². The Morgan fingerprint density at radius 1 is 1.56 bits per heavy atom. The number of hydrogen-bond acceptors (Lipinski definition) is 2. The number of hydrogen-bond donors (Lipinski definition) is 1. The van der Waals surface area contributed by atoms with E-state index in [2.05, 4.69) is 13.5 Å². The van der Waals surface area contributed by atoms with Gasteiger partial charge in [0.25, 0.3) is 0 Å². The van der Waals surface area contributed by atoms with Crippen molar-refractivity contribution in [3.63, 3.8) is 0 Å². The molecule has 1 saturated carbocycles. The SMILES string of the molecule is C=C(C(=O)O)[C@@H]1CC[C@@]2(C)CCC=C(C=O)[C@@H]2C1. The molecule has 0 aromatic heterocycles. The third kappa shape index (κ3) is 2.14. The predicted octanol–water partition coefficient (Wildman–Crippen LogP) is 2.97. The molecule has 1 N–H and O–H groups in total. The van der Waals surface area contributed by atoms with E-state index in [-0.39, 0.29) is 17.3 Å². The fourth-order valence-corrected chi connectivity index (χ4v) is 3.53. The van der Waals surface area contributed by atoms with E-state index < -0.39 is 5.97 Å². The minimum absolute atomic E-state index is 0.0158. The Labute approximate surface area is 108 Å². The average molecular weight is 248 g/mol. The van der Waals surface area contributed by atoms with Gasteiger partial charge in [-0.1, -0.05) is 19.6 Å². The summed E-state index contributed by atoms with van der Waals surface area (Å²) in [4.78, 5) is 22.2. The number of carbonyl (C=O) groups is 2. The highest BCUT2D eigenvalue weighted by atomic mass is 16.4. The van der Waals surface area contributed by atoms with Gasteiger partial charge in [-0.3, -0.25) is 4.79 Å². The lowest BCUT2D eigenvalue weighted by Gasteiger charge is -2.47. The van der Waals surface area contributed by atoms with Crippen molar-refractivity contribution < 1.29 is 14.7 Å². The largest absolute Gasteiger partial charge is 0.478 e. The van der Waals surface area contributed by atoms with Gasteiger partial charge in [-0.15, -0.1) is 0 Å². The molecule has 2 aliphatic carbocycles. The van der Waals surface area contributed by atoms with Crippen LogP contribution >= 0.6 is 0 Å². The highest BCUT2D eigenvalue weighted by Gasteiger charge is 2.43. The van der Waals surface area contributed by atoms with E-state index in [0.717, 1.165) is 44.0 Å². The molecule has 0 aromatic carbocycles. The molecule has 3 heteroatoms. The summed E-state index contributed by atoms with van der Waals surface area (Å²) < 4.78 is 0. The molecule has 0 spiro atoms. The number of carboxylic acid groups (broad SMARTS) is 1. The van der Waals surface area contributed by atoms with Crippen LogP contribution in [0.3, 0.4) is 0 Å². The van der Waals surface area contributed by atoms with E-state index in [1.165, 1.54) is 0 Å². The summed E-state index contributed by atoms with van der Waals surface area (Å²) in [5, 5.41) is 9.03. The molecule has 18 heavy (non-hydrogen) atoms. The number of aldehydes is 1. The smallest absolute Gasteiger partial charge is 0.331 e. The van der Waals surface area contributed by atoms with Gasteiger partial charge in [0.1, 0.15) is 6.29 Å². The van der Waals surface area contributed by atoms with E-state index >= 15 is 0 Å². The maximum atomic E-state index is 11.2. The first-order chi connectivity index (χ1) is 8.48. The molecule has 0 amide bonds. The lowest BCUT2D eigenvalue weighted by atomic mass is 9.57. The molecule has 3 atom stereocenters. The van der Waals surface area contributed by atoms with Gasteiger partial charge in [-0.05, 0) is 54.9 Å². The fourth-order valence-electron chi connectivity index (χ4n) is 3.53. The van der Waals surface area contributed by atoms with Crippen LogP contribution in [0.4, 0.5) is 0 Å². The van der Waals surface area contributed by atoms with E-state index in [4.69, 9.17) is 5.11 Å². The van der Waals surface area contributed by atoms with Crippen LogP contribution in [0.25, 0.3) is 0 Å². The standard InChI is InChI=1S/C15H20O3/c1-10(14(17)18)11-5-7-15(2)6-3-4-12(9-16)13(15)8-11/h4,9,11,13H,1,3,5-8H2,2H3,(H,17,18)/t11-,13+,15-/m1/s1. The number of rotatable bonds is 3. The molecule has 0 aliphatic heterocycles. The zero-order valence-electron chi connectivity index (χ0n) is 10.8. The number of carbonyl (C=O) groups excluding carboxylic acids is 1. The van der Waals surface area contributed by atoms with Gasteiger partial charge in [0.15, 0.2) is 0 Å². The Morgan fingerprint density at radius 2 is 2.28 bits per heavy atom. The normalized spacial score (nSPS) is 35.3. The van der Waals surface area contributed by atoms with Crippen LogP contribution < -0.4 is 0 Å². The van der Waals surface area contributed by atoms with Crippen molar-refractivity contribution in [2.45, 2.75) is 39.0 Å². The average Bonchev–Trinajstić information content (AvgIpc) is 2.35. The van der Waals surface area contributed by atoms with Gasteiger partial charge in [0.2, 0.25) is 0 Å². The summed E-state index contributed by atoms with van der Waals surface area (Å²) in [6.07, 6.45) is 7.66. The van der Waals surface area contributed by atoms with Crippen LogP contribution in [0.1, 0.15) is 39.0 Å². The van der Waals surface area contributed by atoms with Crippen molar-refractivity contribution >= 4 is 12.3 Å². The first-order valence-corrected chi connectivity index (χ1v) is 6.55. The Hall–Kier alpha value is -1.38. The van der Waals surface area contributed by atoms with Crippen molar-refractivity contribution in [3.8, 4) is 0 Å².